The van der Waals surface area contributed by atoms with Crippen molar-refractivity contribution in [1.82, 2.24) is 9.80 Å². The van der Waals surface area contributed by atoms with Gasteiger partial charge in [-0.1, -0.05) is 133 Å². The lowest BCUT2D eigenvalue weighted by Gasteiger charge is -2.35. The standard InChI is InChI=1S/C27H29NO3.C14H19NO3.C13H11Cl/c1-3-8-22(9-4-1)27(23-10-5-2-6-11-23)31-24-12-7-16-28(19-24)17-15-21-13-14-25-26(18-21)30-20-29-25;16-12-2-1-6-15(9-12)7-5-11-3-4-13-14(8-11)18-10-17-13;14-13(11-7-3-1-4-8-11)12-9-5-2-6-10-12/h1-6,8-11,13-14,18,24,27H,7,12,15-17,19-20H2;3-4,8,12,16H,1-2,5-7,9-10H2;1-10,13H. The number of benzene rings is 6. The summed E-state index contributed by atoms with van der Waals surface area (Å²) in [5.41, 5.74) is 7.26. The second-order valence-corrected chi connectivity index (χ2v) is 17.0. The molecule has 2 saturated heterocycles. The molecule has 0 saturated carbocycles. The van der Waals surface area contributed by atoms with Crippen LogP contribution in [0.3, 0.4) is 0 Å². The van der Waals surface area contributed by atoms with E-state index in [1.807, 2.05) is 72.8 Å². The lowest BCUT2D eigenvalue weighted by atomic mass is 10.00. The van der Waals surface area contributed by atoms with Crippen LogP contribution in [-0.2, 0) is 17.6 Å². The highest BCUT2D eigenvalue weighted by molar-refractivity contribution is 6.22. The summed E-state index contributed by atoms with van der Waals surface area (Å²) >= 11 is 6.33. The molecule has 2 unspecified atom stereocenters. The van der Waals surface area contributed by atoms with Crippen LogP contribution >= 0.6 is 11.6 Å². The Morgan fingerprint density at radius 2 is 0.952 bits per heavy atom. The van der Waals surface area contributed by atoms with Crippen LogP contribution in [0.4, 0.5) is 0 Å². The monoisotopic (exact) mass is 866 g/mol. The van der Waals surface area contributed by atoms with E-state index in [0.717, 1.165) is 105 Å². The number of alkyl halides is 1. The first kappa shape index (κ1) is 44.3. The van der Waals surface area contributed by atoms with Crippen molar-refractivity contribution in [1.29, 1.82) is 0 Å². The van der Waals surface area contributed by atoms with Crippen LogP contribution in [0.2, 0.25) is 0 Å². The molecule has 328 valence electrons. The van der Waals surface area contributed by atoms with E-state index < -0.39 is 0 Å². The third-order valence-corrected chi connectivity index (χ3v) is 12.5. The highest BCUT2D eigenvalue weighted by Gasteiger charge is 2.26. The fourth-order valence-corrected chi connectivity index (χ4v) is 8.85. The fourth-order valence-electron chi connectivity index (χ4n) is 8.56. The summed E-state index contributed by atoms with van der Waals surface area (Å²) in [6.07, 6.45) is 6.38. The van der Waals surface area contributed by atoms with Gasteiger partial charge in [0.25, 0.3) is 0 Å². The van der Waals surface area contributed by atoms with E-state index in [2.05, 4.69) is 94.7 Å². The lowest BCUT2D eigenvalue weighted by molar-refractivity contribution is -0.0330. The number of hydrogen-bond donors (Lipinski definition) is 1. The first-order chi connectivity index (χ1) is 31.0. The second kappa shape index (κ2) is 22.8. The Hall–Kier alpha value is -5.35. The summed E-state index contributed by atoms with van der Waals surface area (Å²) in [6.45, 7) is 6.70. The molecule has 0 amide bonds. The van der Waals surface area contributed by atoms with Crippen molar-refractivity contribution >= 4 is 11.6 Å². The third kappa shape index (κ3) is 12.9. The highest BCUT2D eigenvalue weighted by Crippen LogP contribution is 2.35. The number of nitrogens with zero attached hydrogens (tertiary/aromatic N) is 2. The summed E-state index contributed by atoms with van der Waals surface area (Å²) in [5, 5.41) is 9.58. The highest BCUT2D eigenvalue weighted by atomic mass is 35.5. The van der Waals surface area contributed by atoms with E-state index >= 15 is 0 Å². The van der Waals surface area contributed by atoms with E-state index in [-0.39, 0.29) is 23.7 Å². The number of aliphatic hydroxyl groups is 1. The zero-order chi connectivity index (χ0) is 43.1. The van der Waals surface area contributed by atoms with Crippen LogP contribution in [0.25, 0.3) is 0 Å². The molecule has 0 bridgehead atoms. The van der Waals surface area contributed by atoms with Gasteiger partial charge in [-0.3, -0.25) is 0 Å². The molecule has 10 rings (SSSR count). The molecule has 6 aromatic rings. The van der Waals surface area contributed by atoms with Crippen LogP contribution < -0.4 is 18.9 Å². The number of aliphatic hydroxyl groups excluding tert-OH is 1. The van der Waals surface area contributed by atoms with Gasteiger partial charge in [-0.25, -0.2) is 0 Å². The quantitative estimate of drug-likeness (QED) is 0.122. The Balaban J connectivity index is 0.000000143. The molecule has 0 aromatic heterocycles. The summed E-state index contributed by atoms with van der Waals surface area (Å²) in [5.74, 6) is 3.41. The average molecular weight is 868 g/mol. The number of likely N-dealkylation sites (tertiary alicyclic amines) is 2. The Morgan fingerprint density at radius 1 is 0.524 bits per heavy atom. The molecule has 4 heterocycles. The first-order valence-corrected chi connectivity index (χ1v) is 22.9. The molecule has 0 aliphatic carbocycles. The molecule has 8 nitrogen and oxygen atoms in total. The van der Waals surface area contributed by atoms with Crippen molar-refractivity contribution in [2.24, 2.45) is 0 Å². The largest absolute Gasteiger partial charge is 0.454 e. The minimum absolute atomic E-state index is 0.0267. The molecule has 4 aliphatic heterocycles. The SMILES string of the molecule is ClC(c1ccccc1)c1ccccc1.OC1CCCN(CCc2ccc3c(c2)OCO3)C1.c1ccc(C(OC2CCCN(CCc3ccc4c(c3)OCO4)C2)c2ccccc2)cc1. The molecule has 6 aromatic carbocycles. The Labute approximate surface area is 377 Å². The Kier molecular flexibility index (Phi) is 16.0. The van der Waals surface area contributed by atoms with Crippen molar-refractivity contribution in [3.63, 3.8) is 0 Å². The number of rotatable bonds is 12. The van der Waals surface area contributed by atoms with E-state index in [1.165, 1.54) is 28.7 Å². The summed E-state index contributed by atoms with van der Waals surface area (Å²) in [6, 6.07) is 53.8. The summed E-state index contributed by atoms with van der Waals surface area (Å²) in [7, 11) is 0. The first-order valence-electron chi connectivity index (χ1n) is 22.4. The number of β-amino-alcohol motifs (C(OH)–C–C–N with tert-alkyl or cyclic N) is 1. The Morgan fingerprint density at radius 3 is 1.43 bits per heavy atom. The van der Waals surface area contributed by atoms with E-state index in [0.29, 0.717) is 13.6 Å². The number of hydrogen-bond acceptors (Lipinski definition) is 8. The van der Waals surface area contributed by atoms with Gasteiger partial charge in [0, 0.05) is 26.2 Å². The van der Waals surface area contributed by atoms with Crippen LogP contribution in [0.15, 0.2) is 158 Å². The van der Waals surface area contributed by atoms with Gasteiger partial charge < -0.3 is 38.6 Å². The summed E-state index contributed by atoms with van der Waals surface area (Å²) in [4.78, 5) is 4.87. The van der Waals surface area contributed by atoms with E-state index in [1.54, 1.807) is 0 Å². The minimum atomic E-state index is -0.143. The molecule has 9 heteroatoms. The van der Waals surface area contributed by atoms with Gasteiger partial charge in [-0.15, -0.1) is 11.6 Å². The van der Waals surface area contributed by atoms with Gasteiger partial charge in [0.1, 0.15) is 6.10 Å². The maximum atomic E-state index is 9.63. The fraction of sp³-hybridized carbons (Fsp3) is 0.333. The third-order valence-electron chi connectivity index (χ3n) is 12.0. The molecule has 0 radical (unpaired) electrons. The number of ether oxygens (including phenoxy) is 5. The predicted molar refractivity (Wildman–Crippen MR) is 250 cm³/mol. The van der Waals surface area contributed by atoms with Crippen molar-refractivity contribution in [3.05, 3.63) is 191 Å². The predicted octanol–water partition coefficient (Wildman–Crippen LogP) is 10.7. The van der Waals surface area contributed by atoms with Gasteiger partial charge >= 0.3 is 0 Å². The molecule has 4 aliphatic rings. The number of fused-ring (bicyclic) bond motifs is 2. The smallest absolute Gasteiger partial charge is 0.231 e. The number of piperidine rings is 2. The van der Waals surface area contributed by atoms with E-state index in [9.17, 15) is 5.11 Å². The van der Waals surface area contributed by atoms with Gasteiger partial charge in [-0.05, 0) is 109 Å². The average Bonchev–Trinajstić information content (AvgIpc) is 4.03. The molecule has 2 atom stereocenters. The lowest BCUT2D eigenvalue weighted by Crippen LogP contribution is -2.41. The molecular weight excluding hydrogens is 808 g/mol. The summed E-state index contributed by atoms with van der Waals surface area (Å²) < 4.78 is 28.3. The molecule has 2 fully saturated rings. The zero-order valence-electron chi connectivity index (χ0n) is 36.0. The van der Waals surface area contributed by atoms with Crippen molar-refractivity contribution in [2.45, 2.75) is 62.2 Å². The molecule has 1 N–H and O–H groups in total. The molecule has 0 spiro atoms. The Bertz CT molecular complexity index is 2190. The van der Waals surface area contributed by atoms with Crippen LogP contribution in [0, 0.1) is 0 Å². The maximum absolute atomic E-state index is 9.63. The van der Waals surface area contributed by atoms with Crippen molar-refractivity contribution in [2.75, 3.05) is 52.9 Å². The van der Waals surface area contributed by atoms with E-state index in [4.69, 9.17) is 35.3 Å². The van der Waals surface area contributed by atoms with Crippen LogP contribution in [0.1, 0.15) is 70.5 Å². The second-order valence-electron chi connectivity index (χ2n) is 16.6. The molecule has 63 heavy (non-hydrogen) atoms. The molecular formula is C54H59ClN2O6. The zero-order valence-corrected chi connectivity index (χ0v) is 36.7. The number of halogens is 1. The minimum Gasteiger partial charge on any atom is -0.454 e. The maximum Gasteiger partial charge on any atom is 0.231 e. The van der Waals surface area contributed by atoms with Crippen molar-refractivity contribution < 1.29 is 28.8 Å². The van der Waals surface area contributed by atoms with Gasteiger partial charge in [0.15, 0.2) is 23.0 Å². The van der Waals surface area contributed by atoms with Crippen molar-refractivity contribution in [3.8, 4) is 23.0 Å². The van der Waals surface area contributed by atoms with Gasteiger partial charge in [0.05, 0.1) is 17.6 Å². The van der Waals surface area contributed by atoms with Crippen LogP contribution in [0.5, 0.6) is 23.0 Å². The van der Waals surface area contributed by atoms with Gasteiger partial charge in [-0.2, -0.15) is 0 Å². The topological polar surface area (TPSA) is 72.9 Å². The normalized spacial score (nSPS) is 18.0. The van der Waals surface area contributed by atoms with Crippen LogP contribution in [-0.4, -0.2) is 80.0 Å². The van der Waals surface area contributed by atoms with Gasteiger partial charge in [0.2, 0.25) is 13.6 Å².